The van der Waals surface area contributed by atoms with Gasteiger partial charge in [0.05, 0.1) is 6.54 Å². The van der Waals surface area contributed by atoms with E-state index in [1.165, 1.54) is 6.07 Å². The van der Waals surface area contributed by atoms with Crippen LogP contribution in [0.25, 0.3) is 0 Å². The zero-order chi connectivity index (χ0) is 12.1. The van der Waals surface area contributed by atoms with Crippen molar-refractivity contribution in [3.8, 4) is 0 Å². The number of hydrogen-bond donors (Lipinski definition) is 1. The van der Waals surface area contributed by atoms with E-state index in [-0.39, 0.29) is 11.9 Å². The summed E-state index contributed by atoms with van der Waals surface area (Å²) in [6, 6.07) is 6.79. The van der Waals surface area contributed by atoms with Crippen molar-refractivity contribution in [2.24, 2.45) is 10.7 Å². The fourth-order valence-corrected chi connectivity index (χ4v) is 1.88. The molecule has 17 heavy (non-hydrogen) atoms. The summed E-state index contributed by atoms with van der Waals surface area (Å²) in [5, 5.41) is 0. The first-order chi connectivity index (χ1) is 8.29. The molecule has 0 aliphatic carbocycles. The Hall–Kier alpha value is -1.42. The first-order valence-corrected chi connectivity index (χ1v) is 5.93. The second-order valence-corrected chi connectivity index (χ2v) is 4.16. The van der Waals surface area contributed by atoms with Gasteiger partial charge in [0.25, 0.3) is 0 Å². The number of rotatable bonds is 5. The quantitative estimate of drug-likeness (QED) is 0.848. The highest BCUT2D eigenvalue weighted by Crippen LogP contribution is 2.16. The maximum atomic E-state index is 13.4. The number of nitrogens with zero attached hydrogens (tertiary/aromatic N) is 1. The maximum absolute atomic E-state index is 13.4. The van der Waals surface area contributed by atoms with Crippen molar-refractivity contribution < 1.29 is 9.13 Å². The zero-order valence-electron chi connectivity index (χ0n) is 9.73. The number of aliphatic imine (C=N–C) groups is 1. The average Bonchev–Trinajstić information content (AvgIpc) is 2.77. The smallest absolute Gasteiger partial charge is 0.183 e. The summed E-state index contributed by atoms with van der Waals surface area (Å²) >= 11 is 0. The molecule has 1 unspecified atom stereocenters. The normalized spacial score (nSPS) is 18.9. The summed E-state index contributed by atoms with van der Waals surface area (Å²) < 4.78 is 19.1. The van der Waals surface area contributed by atoms with Crippen LogP contribution in [-0.4, -0.2) is 25.1 Å². The average molecular weight is 236 g/mol. The minimum Gasteiger partial charge on any atom is -0.475 e. The predicted octanol–water partition coefficient (Wildman–Crippen LogP) is 1.90. The first kappa shape index (κ1) is 12.0. The molecule has 1 aromatic rings. The number of nitrogens with two attached hydrogens (primary N) is 1. The number of halogens is 1. The van der Waals surface area contributed by atoms with Crippen molar-refractivity contribution in [2.45, 2.75) is 25.4 Å². The van der Waals surface area contributed by atoms with Crippen LogP contribution in [0.4, 0.5) is 4.39 Å². The lowest BCUT2D eigenvalue weighted by atomic mass is 10.1. The van der Waals surface area contributed by atoms with Gasteiger partial charge < -0.3 is 10.5 Å². The highest BCUT2D eigenvalue weighted by molar-refractivity contribution is 5.77. The van der Waals surface area contributed by atoms with Crippen LogP contribution in [0.3, 0.4) is 0 Å². The van der Waals surface area contributed by atoms with E-state index in [0.29, 0.717) is 25.1 Å². The molecule has 1 heterocycles. The molecule has 2 N–H and O–H groups in total. The Morgan fingerprint density at radius 3 is 3.00 bits per heavy atom. The predicted molar refractivity (Wildman–Crippen MR) is 65.6 cm³/mol. The molecule has 3 nitrogen and oxygen atoms in total. The molecule has 92 valence electrons. The van der Waals surface area contributed by atoms with Gasteiger partial charge >= 0.3 is 0 Å². The third kappa shape index (κ3) is 3.27. The van der Waals surface area contributed by atoms with E-state index in [1.54, 1.807) is 12.1 Å². The number of benzene rings is 1. The Balaban J connectivity index is 1.85. The Morgan fingerprint density at radius 1 is 1.41 bits per heavy atom. The summed E-state index contributed by atoms with van der Waals surface area (Å²) in [4.78, 5) is 4.30. The van der Waals surface area contributed by atoms with Gasteiger partial charge in [-0.05, 0) is 24.6 Å². The second-order valence-electron chi connectivity index (χ2n) is 4.16. The van der Waals surface area contributed by atoms with Crippen molar-refractivity contribution in [3.05, 3.63) is 35.6 Å². The van der Waals surface area contributed by atoms with Gasteiger partial charge in [-0.25, -0.2) is 4.39 Å². The summed E-state index contributed by atoms with van der Waals surface area (Å²) in [6.45, 7) is 1.26. The molecule has 2 rings (SSSR count). The molecular formula is C13H17FN2O. The molecule has 0 radical (unpaired) electrons. The van der Waals surface area contributed by atoms with E-state index in [2.05, 4.69) is 4.99 Å². The van der Waals surface area contributed by atoms with Crippen molar-refractivity contribution in [3.63, 3.8) is 0 Å². The van der Waals surface area contributed by atoms with Gasteiger partial charge in [-0.1, -0.05) is 18.2 Å². The molecule has 0 saturated heterocycles. The van der Waals surface area contributed by atoms with Crippen LogP contribution in [-0.2, 0) is 11.2 Å². The third-order valence-corrected chi connectivity index (χ3v) is 2.77. The topological polar surface area (TPSA) is 47.6 Å². The molecule has 1 aromatic carbocycles. The lowest BCUT2D eigenvalue weighted by Gasteiger charge is -2.11. The molecule has 0 fully saturated rings. The molecule has 0 amide bonds. The molecule has 1 atom stereocenters. The lowest BCUT2D eigenvalue weighted by molar-refractivity contribution is 0.217. The SMILES string of the molecule is NCCCC1=NCC(Cc2ccccc2F)O1. The molecule has 0 spiro atoms. The molecule has 1 aliphatic heterocycles. The zero-order valence-corrected chi connectivity index (χ0v) is 9.73. The Morgan fingerprint density at radius 2 is 2.24 bits per heavy atom. The molecule has 4 heteroatoms. The van der Waals surface area contributed by atoms with E-state index >= 15 is 0 Å². The van der Waals surface area contributed by atoms with Crippen molar-refractivity contribution >= 4 is 5.90 Å². The van der Waals surface area contributed by atoms with Crippen LogP contribution in [0.15, 0.2) is 29.3 Å². The van der Waals surface area contributed by atoms with Gasteiger partial charge in [-0.15, -0.1) is 0 Å². The van der Waals surface area contributed by atoms with E-state index in [9.17, 15) is 4.39 Å². The van der Waals surface area contributed by atoms with Crippen LogP contribution in [0.2, 0.25) is 0 Å². The van der Waals surface area contributed by atoms with E-state index in [0.717, 1.165) is 18.7 Å². The molecule has 0 aromatic heterocycles. The lowest BCUT2D eigenvalue weighted by Crippen LogP contribution is -2.17. The largest absolute Gasteiger partial charge is 0.475 e. The van der Waals surface area contributed by atoms with Crippen LogP contribution >= 0.6 is 0 Å². The van der Waals surface area contributed by atoms with Crippen molar-refractivity contribution in [2.75, 3.05) is 13.1 Å². The minimum atomic E-state index is -0.175. The fraction of sp³-hybridized carbons (Fsp3) is 0.462. The van der Waals surface area contributed by atoms with Gasteiger partial charge in [0.2, 0.25) is 0 Å². The highest BCUT2D eigenvalue weighted by atomic mass is 19.1. The first-order valence-electron chi connectivity index (χ1n) is 5.93. The van der Waals surface area contributed by atoms with Gasteiger partial charge in [0, 0.05) is 12.8 Å². The standard InChI is InChI=1S/C13H17FN2O/c14-12-5-2-1-4-10(12)8-11-9-16-13(17-11)6-3-7-15/h1-2,4-5,11H,3,6-9,15H2. The molecular weight excluding hydrogens is 219 g/mol. The van der Waals surface area contributed by atoms with E-state index in [1.807, 2.05) is 6.07 Å². The minimum absolute atomic E-state index is 0.0281. The Labute approximate surface area is 100 Å². The van der Waals surface area contributed by atoms with E-state index < -0.39 is 0 Å². The fourth-order valence-electron chi connectivity index (χ4n) is 1.88. The number of ether oxygens (including phenoxy) is 1. The summed E-state index contributed by atoms with van der Waals surface area (Å²) in [5.74, 6) is 0.586. The summed E-state index contributed by atoms with van der Waals surface area (Å²) in [6.07, 6.45) is 2.21. The van der Waals surface area contributed by atoms with Crippen LogP contribution in [0.5, 0.6) is 0 Å². The maximum Gasteiger partial charge on any atom is 0.183 e. The Bertz CT molecular complexity index is 406. The van der Waals surface area contributed by atoms with Crippen LogP contribution in [0, 0.1) is 5.82 Å². The summed E-state index contributed by atoms with van der Waals surface area (Å²) in [5.41, 5.74) is 6.11. The van der Waals surface area contributed by atoms with Gasteiger partial charge in [0.1, 0.15) is 11.9 Å². The molecule has 0 bridgehead atoms. The molecule has 1 aliphatic rings. The van der Waals surface area contributed by atoms with Gasteiger partial charge in [0.15, 0.2) is 5.90 Å². The van der Waals surface area contributed by atoms with Crippen LogP contribution < -0.4 is 5.73 Å². The molecule has 0 saturated carbocycles. The van der Waals surface area contributed by atoms with Gasteiger partial charge in [-0.2, -0.15) is 0 Å². The van der Waals surface area contributed by atoms with Crippen LogP contribution in [0.1, 0.15) is 18.4 Å². The number of hydrogen-bond acceptors (Lipinski definition) is 3. The summed E-state index contributed by atoms with van der Waals surface area (Å²) in [7, 11) is 0. The Kier molecular flexibility index (Phi) is 4.09. The van der Waals surface area contributed by atoms with Crippen molar-refractivity contribution in [1.29, 1.82) is 0 Å². The van der Waals surface area contributed by atoms with Gasteiger partial charge in [-0.3, -0.25) is 4.99 Å². The van der Waals surface area contributed by atoms with E-state index in [4.69, 9.17) is 10.5 Å². The monoisotopic (exact) mass is 236 g/mol. The highest BCUT2D eigenvalue weighted by Gasteiger charge is 2.20. The second kappa shape index (κ2) is 5.77. The van der Waals surface area contributed by atoms with Crippen molar-refractivity contribution in [1.82, 2.24) is 0 Å². The third-order valence-electron chi connectivity index (χ3n) is 2.77.